The lowest BCUT2D eigenvalue weighted by molar-refractivity contribution is 0.0648. The Morgan fingerprint density at radius 3 is 2.10 bits per heavy atom. The van der Waals surface area contributed by atoms with Crippen molar-refractivity contribution in [3.8, 4) is 0 Å². The molecule has 0 fully saturated rings. The zero-order chi connectivity index (χ0) is 8.20. The average molecular weight is 147 g/mol. The normalized spacial score (nSPS) is 12.6. The lowest BCUT2D eigenvalue weighted by atomic mass is 10.1. The number of β-amino-alcohol motifs (C(OH)–C–C–N with tert-alkyl or cyclic N) is 1. The van der Waals surface area contributed by atoms with Crippen LogP contribution >= 0.6 is 0 Å². The Labute approximate surface area is 62.3 Å². The summed E-state index contributed by atoms with van der Waals surface area (Å²) in [6.07, 6.45) is 0. The van der Waals surface area contributed by atoms with Gasteiger partial charge in [0.2, 0.25) is 0 Å². The van der Waals surface area contributed by atoms with Crippen LogP contribution in [0.5, 0.6) is 0 Å². The molecule has 10 heavy (non-hydrogen) atoms. The smallest absolute Gasteiger partial charge is 0.0609 e. The molecule has 0 aliphatic carbocycles. The first-order valence-corrected chi connectivity index (χ1v) is 3.47. The Kier molecular flexibility index (Phi) is 3.86. The molecule has 0 rings (SSSR count). The van der Waals surface area contributed by atoms with Crippen molar-refractivity contribution in [3.63, 3.8) is 0 Å². The summed E-state index contributed by atoms with van der Waals surface area (Å²) in [5, 5.41) is 17.4. The van der Waals surface area contributed by atoms with Crippen LogP contribution in [0.15, 0.2) is 0 Å². The molecule has 0 bridgehead atoms. The molecule has 0 aliphatic heterocycles. The van der Waals surface area contributed by atoms with Crippen molar-refractivity contribution in [3.05, 3.63) is 0 Å². The van der Waals surface area contributed by atoms with Crippen molar-refractivity contribution in [2.45, 2.75) is 19.4 Å². The van der Waals surface area contributed by atoms with E-state index < -0.39 is 0 Å². The summed E-state index contributed by atoms with van der Waals surface area (Å²) in [4.78, 5) is 1.92. The Balaban J connectivity index is 3.78. The first kappa shape index (κ1) is 9.88. The fourth-order valence-electron chi connectivity index (χ4n) is 0.573. The number of hydrogen-bond acceptors (Lipinski definition) is 3. The molecular weight excluding hydrogens is 130 g/mol. The van der Waals surface area contributed by atoms with Gasteiger partial charge in [-0.15, -0.1) is 0 Å². The fourth-order valence-corrected chi connectivity index (χ4v) is 0.573. The van der Waals surface area contributed by atoms with Gasteiger partial charge in [-0.1, -0.05) is 0 Å². The third-order valence-corrected chi connectivity index (χ3v) is 1.86. The second kappa shape index (κ2) is 3.91. The van der Waals surface area contributed by atoms with Crippen LogP contribution in [0.4, 0.5) is 0 Å². The minimum Gasteiger partial charge on any atom is -0.395 e. The van der Waals surface area contributed by atoms with Gasteiger partial charge in [0.15, 0.2) is 0 Å². The summed E-state index contributed by atoms with van der Waals surface area (Å²) in [7, 11) is 1.88. The van der Waals surface area contributed by atoms with Gasteiger partial charge in [-0.2, -0.15) is 0 Å². The van der Waals surface area contributed by atoms with Gasteiger partial charge in [0, 0.05) is 12.1 Å². The molecule has 0 saturated heterocycles. The maximum Gasteiger partial charge on any atom is 0.0609 e. The molecule has 3 nitrogen and oxygen atoms in total. The maximum absolute atomic E-state index is 8.87. The maximum atomic E-state index is 8.87. The van der Waals surface area contributed by atoms with Crippen LogP contribution in [-0.4, -0.2) is 47.5 Å². The quantitative estimate of drug-likeness (QED) is 0.573. The number of likely N-dealkylation sites (N-methyl/N-ethyl adjacent to an activating group) is 1. The minimum atomic E-state index is -0.220. The van der Waals surface area contributed by atoms with Crippen LogP contribution in [0.2, 0.25) is 0 Å². The molecule has 0 heterocycles. The van der Waals surface area contributed by atoms with Crippen LogP contribution in [0, 0.1) is 0 Å². The second-order valence-electron chi connectivity index (χ2n) is 3.12. The summed E-state index contributed by atoms with van der Waals surface area (Å²) in [5.74, 6) is 0. The molecule has 0 saturated carbocycles. The van der Waals surface area contributed by atoms with Gasteiger partial charge in [0.25, 0.3) is 0 Å². The third kappa shape index (κ3) is 2.64. The summed E-state index contributed by atoms with van der Waals surface area (Å²) in [6.45, 7) is 4.72. The van der Waals surface area contributed by atoms with Crippen molar-refractivity contribution < 1.29 is 10.2 Å². The van der Waals surface area contributed by atoms with E-state index in [9.17, 15) is 0 Å². The van der Waals surface area contributed by atoms with E-state index in [1.165, 1.54) is 0 Å². The van der Waals surface area contributed by atoms with Gasteiger partial charge < -0.3 is 10.2 Å². The number of aliphatic hydroxyl groups excluding tert-OH is 2. The molecule has 0 amide bonds. The third-order valence-electron chi connectivity index (χ3n) is 1.86. The van der Waals surface area contributed by atoms with Crippen molar-refractivity contribution in [2.75, 3.05) is 26.8 Å². The minimum absolute atomic E-state index is 0.115. The predicted molar refractivity (Wildman–Crippen MR) is 40.9 cm³/mol. The molecular formula is C7H17NO2. The van der Waals surface area contributed by atoms with E-state index in [1.54, 1.807) is 0 Å². The Morgan fingerprint density at radius 1 is 1.30 bits per heavy atom. The molecule has 2 N–H and O–H groups in total. The van der Waals surface area contributed by atoms with E-state index in [1.807, 2.05) is 25.8 Å². The molecule has 0 atom stereocenters. The van der Waals surface area contributed by atoms with E-state index in [-0.39, 0.29) is 18.8 Å². The highest BCUT2D eigenvalue weighted by molar-refractivity contribution is 4.77. The molecule has 0 spiro atoms. The molecule has 0 aromatic rings. The summed E-state index contributed by atoms with van der Waals surface area (Å²) in [6, 6.07) is 0. The topological polar surface area (TPSA) is 43.7 Å². The summed E-state index contributed by atoms with van der Waals surface area (Å²) < 4.78 is 0. The standard InChI is InChI=1S/C7H17NO2/c1-7(2,6-10)8(3)4-5-9/h9-10H,4-6H2,1-3H3. The highest BCUT2D eigenvalue weighted by atomic mass is 16.3. The van der Waals surface area contributed by atoms with Crippen molar-refractivity contribution >= 4 is 0 Å². The zero-order valence-electron chi connectivity index (χ0n) is 6.96. The number of nitrogens with zero attached hydrogens (tertiary/aromatic N) is 1. The first-order valence-electron chi connectivity index (χ1n) is 3.47. The van der Waals surface area contributed by atoms with Crippen molar-refractivity contribution in [1.29, 1.82) is 0 Å². The van der Waals surface area contributed by atoms with Crippen LogP contribution in [0.1, 0.15) is 13.8 Å². The van der Waals surface area contributed by atoms with Crippen molar-refractivity contribution in [1.82, 2.24) is 4.90 Å². The lowest BCUT2D eigenvalue weighted by Crippen LogP contribution is -2.45. The second-order valence-corrected chi connectivity index (χ2v) is 3.12. The van der Waals surface area contributed by atoms with E-state index in [4.69, 9.17) is 10.2 Å². The number of rotatable bonds is 4. The van der Waals surface area contributed by atoms with Gasteiger partial charge in [-0.25, -0.2) is 0 Å². The van der Waals surface area contributed by atoms with E-state index >= 15 is 0 Å². The van der Waals surface area contributed by atoms with Crippen molar-refractivity contribution in [2.24, 2.45) is 0 Å². The zero-order valence-corrected chi connectivity index (χ0v) is 6.96. The van der Waals surface area contributed by atoms with E-state index in [0.29, 0.717) is 6.54 Å². The molecule has 0 aromatic heterocycles. The molecule has 0 unspecified atom stereocenters. The van der Waals surface area contributed by atoms with Crippen LogP contribution in [0.25, 0.3) is 0 Å². The number of aliphatic hydroxyl groups is 2. The van der Waals surface area contributed by atoms with Gasteiger partial charge in [0.05, 0.1) is 13.2 Å². The SMILES string of the molecule is CN(CCO)C(C)(C)CO. The first-order chi connectivity index (χ1) is 4.54. The van der Waals surface area contributed by atoms with E-state index in [2.05, 4.69) is 0 Å². The predicted octanol–water partition coefficient (Wildman–Crippen LogP) is -0.319. The Bertz CT molecular complexity index is 93.6. The summed E-state index contributed by atoms with van der Waals surface area (Å²) in [5.41, 5.74) is -0.220. The van der Waals surface area contributed by atoms with Gasteiger partial charge >= 0.3 is 0 Å². The van der Waals surface area contributed by atoms with Gasteiger partial charge in [-0.05, 0) is 20.9 Å². The lowest BCUT2D eigenvalue weighted by Gasteiger charge is -2.33. The molecule has 0 aromatic carbocycles. The Morgan fingerprint density at radius 2 is 1.80 bits per heavy atom. The molecule has 3 heteroatoms. The van der Waals surface area contributed by atoms with Crippen LogP contribution in [-0.2, 0) is 0 Å². The molecule has 62 valence electrons. The largest absolute Gasteiger partial charge is 0.395 e. The summed E-state index contributed by atoms with van der Waals surface area (Å²) >= 11 is 0. The van der Waals surface area contributed by atoms with Crippen LogP contribution < -0.4 is 0 Å². The van der Waals surface area contributed by atoms with E-state index in [0.717, 1.165) is 0 Å². The molecule has 0 aliphatic rings. The van der Waals surface area contributed by atoms with Gasteiger partial charge in [-0.3, -0.25) is 4.90 Å². The highest BCUT2D eigenvalue weighted by Crippen LogP contribution is 2.09. The van der Waals surface area contributed by atoms with Crippen LogP contribution in [0.3, 0.4) is 0 Å². The highest BCUT2D eigenvalue weighted by Gasteiger charge is 2.21. The monoisotopic (exact) mass is 147 g/mol. The average Bonchev–Trinajstić information content (AvgIpc) is 1.89. The molecule has 0 radical (unpaired) electrons. The number of hydrogen-bond donors (Lipinski definition) is 2. The van der Waals surface area contributed by atoms with Gasteiger partial charge in [0.1, 0.15) is 0 Å². The Hall–Kier alpha value is -0.120. The fraction of sp³-hybridized carbons (Fsp3) is 1.00.